The van der Waals surface area contributed by atoms with Crippen LogP contribution in [0.15, 0.2) is 35.3 Å². The van der Waals surface area contributed by atoms with E-state index in [9.17, 15) is 4.79 Å². The maximum atomic E-state index is 12.0. The molecule has 7 nitrogen and oxygen atoms in total. The average Bonchev–Trinajstić information content (AvgIpc) is 3.25. The first-order valence-corrected chi connectivity index (χ1v) is 10.7. The molecule has 2 aliphatic heterocycles. The second-order valence-corrected chi connectivity index (χ2v) is 8.24. The van der Waals surface area contributed by atoms with Crippen molar-refractivity contribution in [3.8, 4) is 0 Å². The third-order valence-electron chi connectivity index (χ3n) is 5.64. The lowest BCUT2D eigenvalue weighted by Crippen LogP contribution is -2.50. The highest BCUT2D eigenvalue weighted by Gasteiger charge is 2.24. The largest absolute Gasteiger partial charge is 0.381 e. The Kier molecular flexibility index (Phi) is 10.9. The Morgan fingerprint density at radius 3 is 2.57 bits per heavy atom. The van der Waals surface area contributed by atoms with Crippen LogP contribution in [0.3, 0.4) is 0 Å². The van der Waals surface area contributed by atoms with Gasteiger partial charge in [0.25, 0.3) is 0 Å². The number of nitrogens with zero attached hydrogens (tertiary/aromatic N) is 3. The molecule has 0 spiro atoms. The number of likely N-dealkylation sites (tertiary alicyclic amines) is 1. The summed E-state index contributed by atoms with van der Waals surface area (Å²) in [6, 6.07) is 10.6. The lowest BCUT2D eigenvalue weighted by Gasteiger charge is -2.34. The number of guanidine groups is 1. The molecular weight excluding hydrogens is 493 g/mol. The zero-order valence-electron chi connectivity index (χ0n) is 18.2. The van der Waals surface area contributed by atoms with Crippen LogP contribution in [-0.2, 0) is 16.1 Å². The van der Waals surface area contributed by atoms with Gasteiger partial charge in [-0.05, 0) is 30.7 Å². The summed E-state index contributed by atoms with van der Waals surface area (Å²) in [4.78, 5) is 20.8. The van der Waals surface area contributed by atoms with Crippen molar-refractivity contribution in [3.63, 3.8) is 0 Å². The van der Waals surface area contributed by atoms with Gasteiger partial charge in [-0.2, -0.15) is 0 Å². The smallest absolute Gasteiger partial charge is 0.241 e. The normalized spacial score (nSPS) is 20.5. The van der Waals surface area contributed by atoms with E-state index in [0.29, 0.717) is 24.5 Å². The fourth-order valence-corrected chi connectivity index (χ4v) is 3.77. The molecule has 2 aliphatic rings. The van der Waals surface area contributed by atoms with Gasteiger partial charge in [0.1, 0.15) is 0 Å². The van der Waals surface area contributed by atoms with Gasteiger partial charge in [0, 0.05) is 46.4 Å². The van der Waals surface area contributed by atoms with Gasteiger partial charge in [0.15, 0.2) is 5.96 Å². The number of halogens is 1. The summed E-state index contributed by atoms with van der Waals surface area (Å²) < 4.78 is 5.50. The van der Waals surface area contributed by atoms with Crippen LogP contribution in [0, 0.1) is 5.92 Å². The van der Waals surface area contributed by atoms with Gasteiger partial charge in [0.2, 0.25) is 5.91 Å². The molecule has 0 saturated carbocycles. The molecule has 2 saturated heterocycles. The number of hydrogen-bond donors (Lipinski definition) is 2. The lowest BCUT2D eigenvalue weighted by atomic mass is 10.0. The van der Waals surface area contributed by atoms with E-state index in [-0.39, 0.29) is 36.4 Å². The Bertz CT molecular complexity index is 657. The number of aliphatic imine (C=N–C) groups is 1. The first kappa shape index (κ1) is 24.9. The topological polar surface area (TPSA) is 69.2 Å². The zero-order chi connectivity index (χ0) is 20.5. The minimum atomic E-state index is 0. The van der Waals surface area contributed by atoms with E-state index in [1.807, 2.05) is 18.2 Å². The van der Waals surface area contributed by atoms with Crippen LogP contribution in [0.25, 0.3) is 0 Å². The third-order valence-corrected chi connectivity index (χ3v) is 5.64. The molecule has 2 fully saturated rings. The fourth-order valence-electron chi connectivity index (χ4n) is 3.77. The van der Waals surface area contributed by atoms with Crippen molar-refractivity contribution in [3.05, 3.63) is 35.9 Å². The van der Waals surface area contributed by atoms with Gasteiger partial charge in [0.05, 0.1) is 19.7 Å². The Morgan fingerprint density at radius 2 is 1.93 bits per heavy atom. The zero-order valence-corrected chi connectivity index (χ0v) is 20.5. The van der Waals surface area contributed by atoms with Crippen LogP contribution in [0.1, 0.15) is 24.8 Å². The predicted octanol–water partition coefficient (Wildman–Crippen LogP) is 1.93. The molecule has 0 bridgehead atoms. The molecule has 30 heavy (non-hydrogen) atoms. The highest BCUT2D eigenvalue weighted by atomic mass is 127. The van der Waals surface area contributed by atoms with Gasteiger partial charge in [-0.1, -0.05) is 30.3 Å². The van der Waals surface area contributed by atoms with Gasteiger partial charge in [-0.15, -0.1) is 24.0 Å². The Labute approximate surface area is 197 Å². The minimum absolute atomic E-state index is 0. The number of amides is 1. The molecule has 1 amide bonds. The van der Waals surface area contributed by atoms with Crippen molar-refractivity contribution in [1.82, 2.24) is 20.4 Å². The summed E-state index contributed by atoms with van der Waals surface area (Å²) in [7, 11) is 3.53. The first-order chi connectivity index (χ1) is 14.1. The van der Waals surface area contributed by atoms with E-state index < -0.39 is 0 Å². The third kappa shape index (κ3) is 8.39. The van der Waals surface area contributed by atoms with Gasteiger partial charge in [-0.25, -0.2) is 4.99 Å². The summed E-state index contributed by atoms with van der Waals surface area (Å²) in [6.45, 7) is 6.01. The second-order valence-electron chi connectivity index (χ2n) is 8.24. The second kappa shape index (κ2) is 13.1. The number of carbonyl (C=O) groups is 1. The van der Waals surface area contributed by atoms with Gasteiger partial charge in [-0.3, -0.25) is 4.79 Å². The number of benzene rings is 1. The molecular formula is C22H36IN5O2. The van der Waals surface area contributed by atoms with Crippen LogP contribution < -0.4 is 10.6 Å². The Hall–Kier alpha value is -1.39. The van der Waals surface area contributed by atoms with Gasteiger partial charge >= 0.3 is 0 Å². The summed E-state index contributed by atoms with van der Waals surface area (Å²) in [5.41, 5.74) is 1.15. The number of likely N-dealkylation sites (N-methyl/N-ethyl adjacent to an activating group) is 1. The van der Waals surface area contributed by atoms with Crippen LogP contribution >= 0.6 is 24.0 Å². The molecule has 1 aromatic rings. The van der Waals surface area contributed by atoms with Crippen LogP contribution in [0.2, 0.25) is 0 Å². The fraction of sp³-hybridized carbons (Fsp3) is 0.636. The maximum Gasteiger partial charge on any atom is 0.241 e. The first-order valence-electron chi connectivity index (χ1n) is 10.7. The quantitative estimate of drug-likeness (QED) is 0.321. The van der Waals surface area contributed by atoms with Crippen molar-refractivity contribution in [2.24, 2.45) is 10.9 Å². The average molecular weight is 529 g/mol. The summed E-state index contributed by atoms with van der Waals surface area (Å²) in [5, 5.41) is 6.76. The number of nitrogens with one attached hydrogen (secondary N) is 2. The van der Waals surface area contributed by atoms with E-state index in [4.69, 9.17) is 9.73 Å². The summed E-state index contributed by atoms with van der Waals surface area (Å²) in [6.07, 6.45) is 3.36. The molecule has 2 heterocycles. The Balaban J connectivity index is 0.00000320. The summed E-state index contributed by atoms with van der Waals surface area (Å²) in [5.74, 6) is 1.45. The van der Waals surface area contributed by atoms with E-state index in [2.05, 4.69) is 27.7 Å². The standard InChI is InChI=1S/C22H35N5O2.HI/c1-26(2)21(28)15-24-22(23-14-18-6-4-3-5-7-18)25-20-8-11-27(12-9-20)16-19-10-13-29-17-19;/h3-7,19-20H,8-17H2,1-2H3,(H2,23,24,25);1H. The molecule has 1 atom stereocenters. The van der Waals surface area contributed by atoms with Crippen LogP contribution in [0.4, 0.5) is 0 Å². The number of piperidine rings is 1. The Morgan fingerprint density at radius 1 is 1.20 bits per heavy atom. The molecule has 3 rings (SSSR count). The highest BCUT2D eigenvalue weighted by molar-refractivity contribution is 14.0. The van der Waals surface area contributed by atoms with Crippen molar-refractivity contribution < 1.29 is 9.53 Å². The molecule has 0 aliphatic carbocycles. The number of hydrogen-bond acceptors (Lipinski definition) is 4. The van der Waals surface area contributed by atoms with E-state index in [1.54, 1.807) is 19.0 Å². The van der Waals surface area contributed by atoms with Crippen molar-refractivity contribution in [1.29, 1.82) is 0 Å². The number of rotatable bonds is 7. The molecule has 8 heteroatoms. The molecule has 0 aromatic heterocycles. The SMILES string of the molecule is CN(C)C(=O)CNC(=NCc1ccccc1)NC1CCN(CC2CCOC2)CC1.I. The summed E-state index contributed by atoms with van der Waals surface area (Å²) >= 11 is 0. The maximum absolute atomic E-state index is 12.0. The van der Waals surface area contributed by atoms with E-state index in [0.717, 1.165) is 51.3 Å². The molecule has 0 radical (unpaired) electrons. The van der Waals surface area contributed by atoms with Crippen LogP contribution in [-0.4, -0.2) is 81.2 Å². The van der Waals surface area contributed by atoms with Crippen molar-refractivity contribution >= 4 is 35.8 Å². The van der Waals surface area contributed by atoms with Crippen LogP contribution in [0.5, 0.6) is 0 Å². The molecule has 1 aromatic carbocycles. The van der Waals surface area contributed by atoms with E-state index in [1.165, 1.54) is 6.42 Å². The molecule has 1 unspecified atom stereocenters. The monoisotopic (exact) mass is 529 g/mol. The van der Waals surface area contributed by atoms with Gasteiger partial charge < -0.3 is 25.2 Å². The highest BCUT2D eigenvalue weighted by Crippen LogP contribution is 2.17. The predicted molar refractivity (Wildman–Crippen MR) is 131 cm³/mol. The lowest BCUT2D eigenvalue weighted by molar-refractivity contribution is -0.127. The number of carbonyl (C=O) groups excluding carboxylic acids is 1. The minimum Gasteiger partial charge on any atom is -0.381 e. The molecule has 168 valence electrons. The number of ether oxygens (including phenoxy) is 1. The molecule has 2 N–H and O–H groups in total. The van der Waals surface area contributed by atoms with Crippen molar-refractivity contribution in [2.45, 2.75) is 31.8 Å². The van der Waals surface area contributed by atoms with Crippen molar-refractivity contribution in [2.75, 3.05) is 53.5 Å². The van der Waals surface area contributed by atoms with E-state index >= 15 is 0 Å².